The van der Waals surface area contributed by atoms with Crippen LogP contribution >= 0.6 is 22.9 Å². The highest BCUT2D eigenvalue weighted by molar-refractivity contribution is 7.91. The maximum atomic E-state index is 12.1. The second-order valence-electron chi connectivity index (χ2n) is 4.53. The maximum Gasteiger partial charge on any atom is 0.178 e. The first-order chi connectivity index (χ1) is 8.93. The van der Waals surface area contributed by atoms with Gasteiger partial charge in [-0.05, 0) is 24.6 Å². The first kappa shape index (κ1) is 13.1. The van der Waals surface area contributed by atoms with Crippen molar-refractivity contribution in [2.75, 3.05) is 5.75 Å². The second-order valence-corrected chi connectivity index (χ2v) is 8.32. The number of halogens is 1. The SMILES string of the molecule is O=S1(=O)CCC(O)(c2ccc(Cl)s2)c2ccccc21. The van der Waals surface area contributed by atoms with Gasteiger partial charge in [-0.25, -0.2) is 8.42 Å². The molecule has 0 fully saturated rings. The third-order valence-corrected chi connectivity index (χ3v) is 6.53. The highest BCUT2D eigenvalue weighted by atomic mass is 35.5. The van der Waals surface area contributed by atoms with Gasteiger partial charge in [-0.1, -0.05) is 29.8 Å². The van der Waals surface area contributed by atoms with Gasteiger partial charge in [-0.15, -0.1) is 11.3 Å². The van der Waals surface area contributed by atoms with Gasteiger partial charge in [-0.2, -0.15) is 0 Å². The van der Waals surface area contributed by atoms with Crippen molar-refractivity contribution in [1.82, 2.24) is 0 Å². The Hall–Kier alpha value is -0.880. The van der Waals surface area contributed by atoms with Gasteiger partial charge >= 0.3 is 0 Å². The molecule has 0 amide bonds. The minimum Gasteiger partial charge on any atom is -0.379 e. The minimum atomic E-state index is -3.30. The van der Waals surface area contributed by atoms with Crippen LogP contribution in [0.1, 0.15) is 16.9 Å². The van der Waals surface area contributed by atoms with Gasteiger partial charge < -0.3 is 5.11 Å². The molecule has 3 rings (SSSR count). The molecule has 1 aromatic heterocycles. The molecule has 100 valence electrons. The molecule has 3 nitrogen and oxygen atoms in total. The van der Waals surface area contributed by atoms with Crippen molar-refractivity contribution in [2.45, 2.75) is 16.9 Å². The minimum absolute atomic E-state index is 0.0595. The number of thiophene rings is 1. The molecule has 0 aliphatic carbocycles. The molecule has 6 heteroatoms. The van der Waals surface area contributed by atoms with Crippen LogP contribution in [0.3, 0.4) is 0 Å². The number of hydrogen-bond acceptors (Lipinski definition) is 4. The zero-order valence-corrected chi connectivity index (χ0v) is 12.2. The van der Waals surface area contributed by atoms with Crippen LogP contribution in [0.2, 0.25) is 4.34 Å². The zero-order valence-electron chi connectivity index (χ0n) is 9.84. The van der Waals surface area contributed by atoms with Crippen molar-refractivity contribution in [3.8, 4) is 0 Å². The lowest BCUT2D eigenvalue weighted by atomic mass is 9.89. The van der Waals surface area contributed by atoms with Crippen LogP contribution in [0, 0.1) is 0 Å². The molecule has 0 spiro atoms. The van der Waals surface area contributed by atoms with Gasteiger partial charge in [0.1, 0.15) is 5.60 Å². The Morgan fingerprint density at radius 1 is 1.21 bits per heavy atom. The summed E-state index contributed by atoms with van der Waals surface area (Å²) in [4.78, 5) is 0.896. The summed E-state index contributed by atoms with van der Waals surface area (Å²) in [5.74, 6) is -0.0595. The first-order valence-electron chi connectivity index (χ1n) is 5.74. The number of fused-ring (bicyclic) bond motifs is 1. The van der Waals surface area contributed by atoms with Gasteiger partial charge in [-0.3, -0.25) is 0 Å². The predicted molar refractivity (Wildman–Crippen MR) is 75.4 cm³/mol. The predicted octanol–water partition coefficient (Wildman–Crippen LogP) is 2.81. The number of sulfone groups is 1. The number of rotatable bonds is 1. The third-order valence-electron chi connectivity index (χ3n) is 3.38. The largest absolute Gasteiger partial charge is 0.379 e. The van der Waals surface area contributed by atoms with E-state index in [2.05, 4.69) is 0 Å². The molecule has 2 heterocycles. The van der Waals surface area contributed by atoms with Crippen LogP contribution in [-0.2, 0) is 15.4 Å². The quantitative estimate of drug-likeness (QED) is 0.880. The summed E-state index contributed by atoms with van der Waals surface area (Å²) in [6.07, 6.45) is 0.156. The van der Waals surface area contributed by atoms with Crippen molar-refractivity contribution in [3.63, 3.8) is 0 Å². The van der Waals surface area contributed by atoms with E-state index in [9.17, 15) is 13.5 Å². The van der Waals surface area contributed by atoms with Crippen molar-refractivity contribution in [2.24, 2.45) is 0 Å². The average Bonchev–Trinajstić information content (AvgIpc) is 2.82. The van der Waals surface area contributed by atoms with Crippen molar-refractivity contribution < 1.29 is 13.5 Å². The number of aliphatic hydroxyl groups is 1. The van der Waals surface area contributed by atoms with Gasteiger partial charge in [0, 0.05) is 10.4 Å². The monoisotopic (exact) mass is 314 g/mol. The molecule has 1 N–H and O–H groups in total. The average molecular weight is 315 g/mol. The summed E-state index contributed by atoms with van der Waals surface area (Å²) >= 11 is 7.19. The Morgan fingerprint density at radius 3 is 2.63 bits per heavy atom. The summed E-state index contributed by atoms with van der Waals surface area (Å²) in [6.45, 7) is 0. The van der Waals surface area contributed by atoms with Crippen LogP contribution in [0.4, 0.5) is 0 Å². The van der Waals surface area contributed by atoms with Crippen LogP contribution in [-0.4, -0.2) is 19.3 Å². The summed E-state index contributed by atoms with van der Waals surface area (Å²) < 4.78 is 24.7. The summed E-state index contributed by atoms with van der Waals surface area (Å²) in [6, 6.07) is 10.1. The molecule has 0 radical (unpaired) electrons. The molecular formula is C13H11ClO3S2. The Morgan fingerprint density at radius 2 is 1.95 bits per heavy atom. The van der Waals surface area contributed by atoms with Crippen LogP contribution in [0.25, 0.3) is 0 Å². The summed E-state index contributed by atoms with van der Waals surface area (Å²) in [7, 11) is -3.30. The van der Waals surface area contributed by atoms with E-state index < -0.39 is 15.4 Å². The second kappa shape index (κ2) is 4.31. The molecule has 1 aliphatic heterocycles. The van der Waals surface area contributed by atoms with E-state index >= 15 is 0 Å². The lowest BCUT2D eigenvalue weighted by molar-refractivity contribution is 0.0756. The third kappa shape index (κ3) is 2.01. The van der Waals surface area contributed by atoms with Crippen molar-refractivity contribution in [1.29, 1.82) is 0 Å². The Bertz CT molecular complexity index is 736. The van der Waals surface area contributed by atoms with Crippen LogP contribution in [0.5, 0.6) is 0 Å². The van der Waals surface area contributed by atoms with Crippen molar-refractivity contribution >= 4 is 32.8 Å². The van der Waals surface area contributed by atoms with Gasteiger partial charge in [0.15, 0.2) is 9.84 Å². The molecular weight excluding hydrogens is 304 g/mol. The van der Waals surface area contributed by atoms with E-state index in [1.54, 1.807) is 36.4 Å². The molecule has 0 saturated heterocycles. The first-order valence-corrected chi connectivity index (χ1v) is 8.59. The zero-order chi connectivity index (χ0) is 13.7. The Balaban J connectivity index is 2.26. The number of benzene rings is 1. The fourth-order valence-electron chi connectivity index (χ4n) is 2.40. The fraction of sp³-hybridized carbons (Fsp3) is 0.231. The number of hydrogen-bond donors (Lipinski definition) is 1. The molecule has 0 saturated carbocycles. The molecule has 0 bridgehead atoms. The van der Waals surface area contributed by atoms with Gasteiger partial charge in [0.05, 0.1) is 15.0 Å². The van der Waals surface area contributed by atoms with E-state index in [1.165, 1.54) is 11.3 Å². The Kier molecular flexibility index (Phi) is 2.98. The Labute approximate surface area is 120 Å². The maximum absolute atomic E-state index is 12.1. The summed E-state index contributed by atoms with van der Waals surface area (Å²) in [5.41, 5.74) is -0.820. The van der Waals surface area contributed by atoms with E-state index in [4.69, 9.17) is 11.6 Å². The smallest absolute Gasteiger partial charge is 0.178 e. The highest BCUT2D eigenvalue weighted by Gasteiger charge is 2.42. The van der Waals surface area contributed by atoms with E-state index in [0.29, 0.717) is 14.8 Å². The molecule has 2 aromatic rings. The van der Waals surface area contributed by atoms with Crippen LogP contribution in [0.15, 0.2) is 41.3 Å². The molecule has 19 heavy (non-hydrogen) atoms. The summed E-state index contributed by atoms with van der Waals surface area (Å²) in [5, 5.41) is 10.9. The van der Waals surface area contributed by atoms with Gasteiger partial charge in [0.25, 0.3) is 0 Å². The van der Waals surface area contributed by atoms with E-state index in [0.717, 1.165) is 0 Å². The standard InChI is InChI=1S/C13H11ClO3S2/c14-12-6-5-11(18-12)13(15)7-8-19(16,17)10-4-2-1-3-9(10)13/h1-6,15H,7-8H2. The molecule has 1 unspecified atom stereocenters. The lowest BCUT2D eigenvalue weighted by Crippen LogP contribution is -2.35. The highest BCUT2D eigenvalue weighted by Crippen LogP contribution is 2.44. The molecule has 1 aromatic carbocycles. The lowest BCUT2D eigenvalue weighted by Gasteiger charge is -2.33. The molecule has 1 aliphatic rings. The fourth-order valence-corrected chi connectivity index (χ4v) is 5.22. The van der Waals surface area contributed by atoms with Gasteiger partial charge in [0.2, 0.25) is 0 Å². The molecule has 1 atom stereocenters. The van der Waals surface area contributed by atoms with Crippen molar-refractivity contribution in [3.05, 3.63) is 51.2 Å². The van der Waals surface area contributed by atoms with Crippen LogP contribution < -0.4 is 0 Å². The normalized spacial score (nSPS) is 24.9. The topological polar surface area (TPSA) is 54.4 Å². The van der Waals surface area contributed by atoms with E-state index in [1.807, 2.05) is 0 Å². The van der Waals surface area contributed by atoms with E-state index in [-0.39, 0.29) is 17.1 Å².